The summed E-state index contributed by atoms with van der Waals surface area (Å²) < 4.78 is 5.52. The summed E-state index contributed by atoms with van der Waals surface area (Å²) in [6.07, 6.45) is 14.6. The molecule has 1 saturated carbocycles. The van der Waals surface area contributed by atoms with Crippen LogP contribution in [-0.2, 0) is 9.53 Å². The lowest BCUT2D eigenvalue weighted by atomic mass is 9.86. The third-order valence-corrected chi connectivity index (χ3v) is 6.52. The fourth-order valence-electron chi connectivity index (χ4n) is 4.93. The van der Waals surface area contributed by atoms with E-state index in [0.29, 0.717) is 11.9 Å². The Kier molecular flexibility index (Phi) is 8.06. The number of carbonyl (C=O) groups is 1. The lowest BCUT2D eigenvalue weighted by Crippen LogP contribution is -2.44. The molecule has 3 aliphatic rings. The van der Waals surface area contributed by atoms with E-state index >= 15 is 0 Å². The largest absolute Gasteiger partial charge is 0.381 e. The molecular weight excluding hydrogens is 312 g/mol. The van der Waals surface area contributed by atoms with E-state index in [0.717, 1.165) is 64.3 Å². The van der Waals surface area contributed by atoms with Crippen molar-refractivity contribution in [2.75, 3.05) is 39.4 Å². The minimum Gasteiger partial charge on any atom is -0.381 e. The molecule has 0 spiro atoms. The second-order valence-electron chi connectivity index (χ2n) is 8.38. The number of rotatable bonds is 8. The maximum Gasteiger partial charge on any atom is 0.222 e. The first kappa shape index (κ1) is 19.2. The molecule has 2 aliphatic heterocycles. The molecule has 0 aromatic rings. The average molecular weight is 351 g/mol. The van der Waals surface area contributed by atoms with E-state index in [2.05, 4.69) is 9.80 Å². The van der Waals surface area contributed by atoms with Crippen LogP contribution in [0.2, 0.25) is 0 Å². The van der Waals surface area contributed by atoms with Crippen LogP contribution in [0.25, 0.3) is 0 Å². The van der Waals surface area contributed by atoms with Crippen LogP contribution >= 0.6 is 0 Å². The molecule has 0 bridgehead atoms. The summed E-state index contributed by atoms with van der Waals surface area (Å²) in [6.45, 7) is 6.27. The van der Waals surface area contributed by atoms with Gasteiger partial charge in [0.2, 0.25) is 5.91 Å². The molecule has 3 fully saturated rings. The van der Waals surface area contributed by atoms with Crippen LogP contribution < -0.4 is 0 Å². The van der Waals surface area contributed by atoms with E-state index in [1.807, 2.05) is 0 Å². The normalized spacial score (nSPS) is 23.8. The molecule has 0 aromatic carbocycles. The number of likely N-dealkylation sites (tertiary alicyclic amines) is 1. The second kappa shape index (κ2) is 10.5. The minimum absolute atomic E-state index is 0.416. The summed E-state index contributed by atoms with van der Waals surface area (Å²) in [4.78, 5) is 17.8. The molecule has 2 saturated heterocycles. The van der Waals surface area contributed by atoms with Crippen molar-refractivity contribution in [3.8, 4) is 0 Å². The highest BCUT2D eigenvalue weighted by molar-refractivity contribution is 5.76. The fraction of sp³-hybridized carbons (Fsp3) is 0.952. The highest BCUT2D eigenvalue weighted by Crippen LogP contribution is 2.28. The average Bonchev–Trinajstić information content (AvgIpc) is 3.18. The van der Waals surface area contributed by atoms with Crippen LogP contribution in [0.3, 0.4) is 0 Å². The van der Waals surface area contributed by atoms with Gasteiger partial charge in [-0.1, -0.05) is 32.1 Å². The Morgan fingerprint density at radius 3 is 2.40 bits per heavy atom. The van der Waals surface area contributed by atoms with Gasteiger partial charge >= 0.3 is 0 Å². The molecule has 1 amide bonds. The van der Waals surface area contributed by atoms with Crippen LogP contribution in [0.15, 0.2) is 0 Å². The summed E-state index contributed by atoms with van der Waals surface area (Å²) in [5.41, 5.74) is 0. The zero-order valence-electron chi connectivity index (χ0n) is 16.1. The minimum atomic E-state index is 0.416. The van der Waals surface area contributed by atoms with Crippen molar-refractivity contribution in [2.45, 2.75) is 83.1 Å². The van der Waals surface area contributed by atoms with E-state index in [9.17, 15) is 4.79 Å². The van der Waals surface area contributed by atoms with Gasteiger partial charge in [0.25, 0.3) is 0 Å². The van der Waals surface area contributed by atoms with Gasteiger partial charge in [0, 0.05) is 32.2 Å². The molecular formula is C21H38N2O2. The van der Waals surface area contributed by atoms with Crippen molar-refractivity contribution in [1.29, 1.82) is 0 Å². The highest BCUT2D eigenvalue weighted by atomic mass is 16.5. The van der Waals surface area contributed by atoms with Crippen molar-refractivity contribution in [3.05, 3.63) is 0 Å². The van der Waals surface area contributed by atoms with Gasteiger partial charge < -0.3 is 14.5 Å². The summed E-state index contributed by atoms with van der Waals surface area (Å²) in [5.74, 6) is 1.22. The lowest BCUT2D eigenvalue weighted by Gasteiger charge is -2.35. The molecule has 0 N–H and O–H groups in total. The molecule has 1 aliphatic carbocycles. The smallest absolute Gasteiger partial charge is 0.222 e. The Balaban J connectivity index is 1.46. The Bertz CT molecular complexity index is 383. The Hall–Kier alpha value is -0.610. The van der Waals surface area contributed by atoms with Gasteiger partial charge in [-0.2, -0.15) is 0 Å². The molecule has 25 heavy (non-hydrogen) atoms. The standard InChI is InChI=1S/C21H38N2O2/c24-21(10-9-19-7-2-1-3-8-19)23(20-11-17-25-18-12-20)16-6-15-22-13-4-5-14-22/h19-20H,1-18H2. The number of nitrogens with zero attached hydrogens (tertiary/aromatic N) is 2. The molecule has 0 radical (unpaired) electrons. The van der Waals surface area contributed by atoms with E-state index in [-0.39, 0.29) is 0 Å². The van der Waals surface area contributed by atoms with Gasteiger partial charge in [-0.25, -0.2) is 0 Å². The summed E-state index contributed by atoms with van der Waals surface area (Å²) in [5, 5.41) is 0. The van der Waals surface area contributed by atoms with Crippen molar-refractivity contribution in [2.24, 2.45) is 5.92 Å². The molecule has 144 valence electrons. The van der Waals surface area contributed by atoms with Crippen molar-refractivity contribution >= 4 is 5.91 Å². The van der Waals surface area contributed by atoms with Crippen LogP contribution in [-0.4, -0.2) is 61.1 Å². The van der Waals surface area contributed by atoms with Gasteiger partial charge in [-0.3, -0.25) is 4.79 Å². The third-order valence-electron chi connectivity index (χ3n) is 6.52. The molecule has 4 nitrogen and oxygen atoms in total. The van der Waals surface area contributed by atoms with Crippen molar-refractivity contribution in [3.63, 3.8) is 0 Å². The molecule has 4 heteroatoms. The maximum absolute atomic E-state index is 13.0. The summed E-state index contributed by atoms with van der Waals surface area (Å²) >= 11 is 0. The molecule has 0 aromatic heterocycles. The van der Waals surface area contributed by atoms with Crippen molar-refractivity contribution < 1.29 is 9.53 Å². The van der Waals surface area contributed by atoms with Crippen LogP contribution in [0.1, 0.15) is 77.0 Å². The predicted molar refractivity (Wildman–Crippen MR) is 102 cm³/mol. The van der Waals surface area contributed by atoms with Gasteiger partial charge in [-0.05, 0) is 64.1 Å². The van der Waals surface area contributed by atoms with E-state index in [4.69, 9.17) is 4.74 Å². The molecule has 0 atom stereocenters. The van der Waals surface area contributed by atoms with Crippen molar-refractivity contribution in [1.82, 2.24) is 9.80 Å². The zero-order chi connectivity index (χ0) is 17.3. The van der Waals surface area contributed by atoms with Gasteiger partial charge in [0.05, 0.1) is 0 Å². The highest BCUT2D eigenvalue weighted by Gasteiger charge is 2.26. The first-order valence-corrected chi connectivity index (χ1v) is 10.9. The Morgan fingerprint density at radius 1 is 0.960 bits per heavy atom. The van der Waals surface area contributed by atoms with Crippen LogP contribution in [0.4, 0.5) is 0 Å². The first-order chi connectivity index (χ1) is 12.3. The van der Waals surface area contributed by atoms with E-state index < -0.39 is 0 Å². The number of carbonyl (C=O) groups excluding carboxylic acids is 1. The van der Waals surface area contributed by atoms with Gasteiger partial charge in [0.1, 0.15) is 0 Å². The summed E-state index contributed by atoms with van der Waals surface area (Å²) in [7, 11) is 0. The zero-order valence-corrected chi connectivity index (χ0v) is 16.1. The summed E-state index contributed by atoms with van der Waals surface area (Å²) in [6, 6.07) is 0.422. The quantitative estimate of drug-likeness (QED) is 0.667. The first-order valence-electron chi connectivity index (χ1n) is 10.9. The number of ether oxygens (including phenoxy) is 1. The predicted octanol–water partition coefficient (Wildman–Crippen LogP) is 3.84. The molecule has 0 unspecified atom stereocenters. The van der Waals surface area contributed by atoms with E-state index in [1.54, 1.807) is 0 Å². The maximum atomic E-state index is 13.0. The molecule has 3 rings (SSSR count). The van der Waals surface area contributed by atoms with Crippen LogP contribution in [0.5, 0.6) is 0 Å². The Labute approximate surface area is 154 Å². The number of hydrogen-bond donors (Lipinski definition) is 0. The topological polar surface area (TPSA) is 32.8 Å². The monoisotopic (exact) mass is 350 g/mol. The lowest BCUT2D eigenvalue weighted by molar-refractivity contribution is -0.136. The van der Waals surface area contributed by atoms with Crippen LogP contribution in [0, 0.1) is 5.92 Å². The SMILES string of the molecule is O=C(CCC1CCCCC1)N(CCCN1CCCC1)C1CCOCC1. The molecule has 2 heterocycles. The third kappa shape index (κ3) is 6.25. The number of amides is 1. The number of hydrogen-bond acceptors (Lipinski definition) is 3. The van der Waals surface area contributed by atoms with E-state index in [1.165, 1.54) is 58.0 Å². The second-order valence-corrected chi connectivity index (χ2v) is 8.38. The van der Waals surface area contributed by atoms with Gasteiger partial charge in [0.15, 0.2) is 0 Å². The van der Waals surface area contributed by atoms with Gasteiger partial charge in [-0.15, -0.1) is 0 Å². The Morgan fingerprint density at radius 2 is 1.68 bits per heavy atom. The fourth-order valence-corrected chi connectivity index (χ4v) is 4.93.